The fraction of sp³-hybridized carbons (Fsp3) is 0.263. The van der Waals surface area contributed by atoms with Crippen molar-refractivity contribution < 1.29 is 14.3 Å². The minimum Gasteiger partial charge on any atom is -0.497 e. The molecule has 8 heteroatoms. The SMILES string of the molecule is CCC(COc1nnnc2ccccc12)NC(=O)Nc1ccc(OC)cc1. The Kier molecular flexibility index (Phi) is 5.98. The molecule has 2 aromatic carbocycles. The molecule has 2 N–H and O–H groups in total. The van der Waals surface area contributed by atoms with Gasteiger partial charge in [-0.3, -0.25) is 0 Å². The van der Waals surface area contributed by atoms with Gasteiger partial charge in [0.25, 0.3) is 0 Å². The van der Waals surface area contributed by atoms with E-state index in [0.29, 0.717) is 23.5 Å². The quantitative estimate of drug-likeness (QED) is 0.666. The van der Waals surface area contributed by atoms with Crippen molar-refractivity contribution in [2.45, 2.75) is 19.4 Å². The second-order valence-corrected chi connectivity index (χ2v) is 5.85. The molecule has 0 aliphatic carbocycles. The zero-order chi connectivity index (χ0) is 19.1. The summed E-state index contributed by atoms with van der Waals surface area (Å²) in [6.07, 6.45) is 0.701. The first-order valence-corrected chi connectivity index (χ1v) is 8.62. The average molecular weight is 367 g/mol. The fourth-order valence-electron chi connectivity index (χ4n) is 2.48. The Morgan fingerprint density at radius 3 is 2.63 bits per heavy atom. The summed E-state index contributed by atoms with van der Waals surface area (Å²) in [4.78, 5) is 12.2. The number of nitrogens with zero attached hydrogens (tertiary/aromatic N) is 3. The lowest BCUT2D eigenvalue weighted by atomic mass is 10.2. The summed E-state index contributed by atoms with van der Waals surface area (Å²) in [6, 6.07) is 14.1. The summed E-state index contributed by atoms with van der Waals surface area (Å²) >= 11 is 0. The van der Waals surface area contributed by atoms with Crippen LogP contribution >= 0.6 is 0 Å². The van der Waals surface area contributed by atoms with Crippen LogP contribution < -0.4 is 20.1 Å². The minimum atomic E-state index is -0.304. The number of rotatable bonds is 7. The highest BCUT2D eigenvalue weighted by Crippen LogP contribution is 2.20. The smallest absolute Gasteiger partial charge is 0.319 e. The largest absolute Gasteiger partial charge is 0.497 e. The van der Waals surface area contributed by atoms with E-state index in [9.17, 15) is 4.79 Å². The molecule has 1 atom stereocenters. The second-order valence-electron chi connectivity index (χ2n) is 5.85. The first-order valence-electron chi connectivity index (χ1n) is 8.62. The van der Waals surface area contributed by atoms with Gasteiger partial charge < -0.3 is 20.1 Å². The maximum Gasteiger partial charge on any atom is 0.319 e. The monoisotopic (exact) mass is 367 g/mol. The van der Waals surface area contributed by atoms with Gasteiger partial charge in [0.05, 0.1) is 18.5 Å². The van der Waals surface area contributed by atoms with Gasteiger partial charge in [0.1, 0.15) is 17.9 Å². The van der Waals surface area contributed by atoms with Gasteiger partial charge in [-0.1, -0.05) is 24.2 Å². The van der Waals surface area contributed by atoms with E-state index in [1.807, 2.05) is 31.2 Å². The molecular formula is C19H21N5O3. The maximum atomic E-state index is 12.2. The predicted molar refractivity (Wildman–Crippen MR) is 102 cm³/mol. The normalized spacial score (nSPS) is 11.6. The third-order valence-electron chi connectivity index (χ3n) is 4.02. The van der Waals surface area contributed by atoms with E-state index in [4.69, 9.17) is 9.47 Å². The van der Waals surface area contributed by atoms with Crippen LogP contribution in [-0.2, 0) is 0 Å². The molecular weight excluding hydrogens is 346 g/mol. The Morgan fingerprint density at radius 2 is 1.89 bits per heavy atom. The number of urea groups is 1. The summed E-state index contributed by atoms with van der Waals surface area (Å²) in [5.74, 6) is 1.13. The van der Waals surface area contributed by atoms with Crippen LogP contribution in [0.15, 0.2) is 48.5 Å². The van der Waals surface area contributed by atoms with E-state index in [1.165, 1.54) is 0 Å². The van der Waals surface area contributed by atoms with Crippen molar-refractivity contribution in [3.63, 3.8) is 0 Å². The second kappa shape index (κ2) is 8.79. The number of benzene rings is 2. The highest BCUT2D eigenvalue weighted by molar-refractivity contribution is 5.89. The zero-order valence-electron chi connectivity index (χ0n) is 15.2. The van der Waals surface area contributed by atoms with Crippen molar-refractivity contribution in [3.8, 4) is 11.6 Å². The van der Waals surface area contributed by atoms with Crippen LogP contribution in [0.2, 0.25) is 0 Å². The summed E-state index contributed by atoms with van der Waals surface area (Å²) in [7, 11) is 1.59. The van der Waals surface area contributed by atoms with Crippen LogP contribution in [0, 0.1) is 0 Å². The topological polar surface area (TPSA) is 98.3 Å². The van der Waals surface area contributed by atoms with Crippen LogP contribution in [0.4, 0.5) is 10.5 Å². The zero-order valence-corrected chi connectivity index (χ0v) is 15.2. The Hall–Kier alpha value is -3.42. The molecule has 0 aliphatic heterocycles. The molecule has 0 spiro atoms. The number of fused-ring (bicyclic) bond motifs is 1. The molecule has 1 aromatic heterocycles. The highest BCUT2D eigenvalue weighted by Gasteiger charge is 2.13. The molecule has 2 amide bonds. The van der Waals surface area contributed by atoms with Gasteiger partial charge in [-0.2, -0.15) is 0 Å². The van der Waals surface area contributed by atoms with Crippen molar-refractivity contribution in [1.82, 2.24) is 20.7 Å². The first-order chi connectivity index (χ1) is 13.2. The van der Waals surface area contributed by atoms with E-state index in [1.54, 1.807) is 31.4 Å². The molecule has 0 fully saturated rings. The van der Waals surface area contributed by atoms with E-state index in [0.717, 1.165) is 11.1 Å². The van der Waals surface area contributed by atoms with E-state index < -0.39 is 0 Å². The van der Waals surface area contributed by atoms with E-state index >= 15 is 0 Å². The van der Waals surface area contributed by atoms with E-state index in [-0.39, 0.29) is 18.7 Å². The summed E-state index contributed by atoms with van der Waals surface area (Å²) in [6.45, 7) is 2.24. The Balaban J connectivity index is 1.57. The number of carbonyl (C=O) groups excluding carboxylic acids is 1. The van der Waals surface area contributed by atoms with Crippen LogP contribution in [0.5, 0.6) is 11.6 Å². The van der Waals surface area contributed by atoms with Gasteiger partial charge in [0.2, 0.25) is 5.88 Å². The van der Waals surface area contributed by atoms with Gasteiger partial charge in [-0.05, 0) is 48.0 Å². The third kappa shape index (κ3) is 4.81. The molecule has 0 bridgehead atoms. The van der Waals surface area contributed by atoms with Crippen molar-refractivity contribution in [2.24, 2.45) is 0 Å². The lowest BCUT2D eigenvalue weighted by molar-refractivity contribution is 0.229. The average Bonchev–Trinajstić information content (AvgIpc) is 2.71. The van der Waals surface area contributed by atoms with Crippen LogP contribution in [0.3, 0.4) is 0 Å². The van der Waals surface area contributed by atoms with Gasteiger partial charge in [-0.15, -0.1) is 5.10 Å². The lowest BCUT2D eigenvalue weighted by Gasteiger charge is -2.18. The van der Waals surface area contributed by atoms with Crippen LogP contribution in [0.1, 0.15) is 13.3 Å². The number of hydrogen-bond donors (Lipinski definition) is 2. The molecule has 0 radical (unpaired) electrons. The number of methoxy groups -OCH3 is 1. The third-order valence-corrected chi connectivity index (χ3v) is 4.02. The molecule has 3 rings (SSSR count). The summed E-state index contributed by atoms with van der Waals surface area (Å²) in [5, 5.41) is 18.1. The molecule has 0 saturated carbocycles. The van der Waals surface area contributed by atoms with Gasteiger partial charge >= 0.3 is 6.03 Å². The lowest BCUT2D eigenvalue weighted by Crippen LogP contribution is -2.41. The molecule has 1 heterocycles. The van der Waals surface area contributed by atoms with Crippen LogP contribution in [-0.4, -0.2) is 41.2 Å². The number of hydrogen-bond acceptors (Lipinski definition) is 6. The van der Waals surface area contributed by atoms with Crippen molar-refractivity contribution in [3.05, 3.63) is 48.5 Å². The molecule has 1 unspecified atom stereocenters. The number of anilines is 1. The fourth-order valence-corrected chi connectivity index (χ4v) is 2.48. The molecule has 0 aliphatic rings. The van der Waals surface area contributed by atoms with Crippen molar-refractivity contribution >= 4 is 22.6 Å². The number of amides is 2. The maximum absolute atomic E-state index is 12.2. The van der Waals surface area contributed by atoms with Gasteiger partial charge in [0, 0.05) is 5.69 Å². The Labute approximate surface area is 156 Å². The minimum absolute atomic E-state index is 0.183. The number of ether oxygens (including phenoxy) is 2. The molecule has 0 saturated heterocycles. The summed E-state index contributed by atoms with van der Waals surface area (Å²) < 4.78 is 10.9. The number of carbonyl (C=O) groups is 1. The highest BCUT2D eigenvalue weighted by atomic mass is 16.5. The van der Waals surface area contributed by atoms with Gasteiger partial charge in [-0.25, -0.2) is 4.79 Å². The number of nitrogens with one attached hydrogen (secondary N) is 2. The number of aromatic nitrogens is 3. The van der Waals surface area contributed by atoms with Crippen LogP contribution in [0.25, 0.3) is 10.9 Å². The van der Waals surface area contributed by atoms with Crippen molar-refractivity contribution in [2.75, 3.05) is 19.0 Å². The molecule has 140 valence electrons. The van der Waals surface area contributed by atoms with E-state index in [2.05, 4.69) is 26.0 Å². The van der Waals surface area contributed by atoms with Crippen molar-refractivity contribution in [1.29, 1.82) is 0 Å². The first kappa shape index (κ1) is 18.4. The Bertz CT molecular complexity index is 896. The Morgan fingerprint density at radius 1 is 1.11 bits per heavy atom. The molecule has 27 heavy (non-hydrogen) atoms. The predicted octanol–water partition coefficient (Wildman–Crippen LogP) is 3.01. The summed E-state index contributed by atoms with van der Waals surface area (Å²) in [5.41, 5.74) is 1.39. The van der Waals surface area contributed by atoms with Gasteiger partial charge in [0.15, 0.2) is 0 Å². The molecule has 3 aromatic rings. The molecule has 8 nitrogen and oxygen atoms in total. The standard InChI is InChI=1S/C19H21N5O3/c1-3-13(20-19(25)21-14-8-10-15(26-2)11-9-14)12-27-18-16-6-4-5-7-17(16)22-24-23-18/h4-11,13H,3,12H2,1-2H3,(H2,20,21,25).